The fraction of sp³-hybridized carbons (Fsp3) is 0.391. The molecule has 1 N–H and O–H groups in total. The summed E-state index contributed by atoms with van der Waals surface area (Å²) in [6, 6.07) is 9.72. The molecule has 4 rings (SSSR count). The normalized spacial score (nSPS) is 20.4. The van der Waals surface area contributed by atoms with Crippen molar-refractivity contribution in [1.29, 1.82) is 5.26 Å². The molecule has 1 aliphatic carbocycles. The largest absolute Gasteiger partial charge is 0.417 e. The Morgan fingerprint density at radius 3 is 2.71 bits per heavy atom. The Kier molecular flexibility index (Phi) is 5.61. The molecule has 1 aliphatic heterocycles. The lowest BCUT2D eigenvalue weighted by molar-refractivity contribution is -0.137. The zero-order chi connectivity index (χ0) is 22.2. The molecule has 1 fully saturated rings. The molecule has 0 aromatic heterocycles. The maximum absolute atomic E-state index is 14.1. The molecule has 0 saturated heterocycles. The van der Waals surface area contributed by atoms with Gasteiger partial charge in [-0.05, 0) is 61.9 Å². The van der Waals surface area contributed by atoms with Crippen LogP contribution in [0.1, 0.15) is 36.0 Å². The van der Waals surface area contributed by atoms with E-state index in [1.807, 2.05) is 6.07 Å². The number of fused-ring (bicyclic) bond motifs is 1. The van der Waals surface area contributed by atoms with Crippen molar-refractivity contribution < 1.29 is 22.4 Å². The van der Waals surface area contributed by atoms with E-state index >= 15 is 0 Å². The Balaban J connectivity index is 1.45. The van der Waals surface area contributed by atoms with E-state index in [2.05, 4.69) is 10.2 Å². The van der Waals surface area contributed by atoms with Gasteiger partial charge in [-0.25, -0.2) is 4.39 Å². The molecule has 31 heavy (non-hydrogen) atoms. The third-order valence-electron chi connectivity index (χ3n) is 6.21. The molecule has 1 amide bonds. The maximum Gasteiger partial charge on any atom is 0.417 e. The minimum absolute atomic E-state index is 0.0207. The van der Waals surface area contributed by atoms with Crippen LogP contribution < -0.4 is 10.2 Å². The molecule has 0 radical (unpaired) electrons. The summed E-state index contributed by atoms with van der Waals surface area (Å²) in [4.78, 5) is 14.8. The van der Waals surface area contributed by atoms with E-state index in [1.54, 1.807) is 6.07 Å². The van der Waals surface area contributed by atoms with Gasteiger partial charge in [0, 0.05) is 35.9 Å². The number of halogens is 4. The van der Waals surface area contributed by atoms with Crippen LogP contribution in [0.4, 0.5) is 28.9 Å². The topological polar surface area (TPSA) is 56.1 Å². The molecule has 0 bridgehead atoms. The van der Waals surface area contributed by atoms with E-state index in [1.165, 1.54) is 18.2 Å². The molecule has 2 atom stereocenters. The van der Waals surface area contributed by atoms with Gasteiger partial charge in [-0.2, -0.15) is 18.4 Å². The lowest BCUT2D eigenvalue weighted by atomic mass is 9.72. The molecule has 4 nitrogen and oxygen atoms in total. The van der Waals surface area contributed by atoms with Crippen LogP contribution in [-0.2, 0) is 17.4 Å². The first kappa shape index (κ1) is 21.2. The molecule has 1 heterocycles. The molecule has 0 spiro atoms. The summed E-state index contributed by atoms with van der Waals surface area (Å²) in [5, 5.41) is 11.5. The number of hydrogen-bond acceptors (Lipinski definition) is 3. The Morgan fingerprint density at radius 2 is 2.03 bits per heavy atom. The quantitative estimate of drug-likeness (QED) is 0.683. The molecule has 8 heteroatoms. The number of rotatable bonds is 4. The fourth-order valence-electron chi connectivity index (χ4n) is 4.45. The minimum Gasteiger partial charge on any atom is -0.371 e. The lowest BCUT2D eigenvalue weighted by Gasteiger charge is -2.41. The van der Waals surface area contributed by atoms with Crippen LogP contribution in [0.3, 0.4) is 0 Å². The summed E-state index contributed by atoms with van der Waals surface area (Å²) in [6.45, 7) is 1.39. The number of carbonyl (C=O) groups is 1. The van der Waals surface area contributed by atoms with E-state index in [-0.39, 0.29) is 29.2 Å². The molecule has 2 aliphatic rings. The van der Waals surface area contributed by atoms with Gasteiger partial charge in [-0.1, -0.05) is 6.07 Å². The fourth-order valence-corrected chi connectivity index (χ4v) is 4.45. The second kappa shape index (κ2) is 8.22. The first-order chi connectivity index (χ1) is 14.8. The predicted molar refractivity (Wildman–Crippen MR) is 108 cm³/mol. The maximum atomic E-state index is 14.1. The summed E-state index contributed by atoms with van der Waals surface area (Å²) >= 11 is 0. The lowest BCUT2D eigenvalue weighted by Crippen LogP contribution is -2.45. The SMILES string of the molecule is N#Cc1ccc(NC(=O)C2CCC2CN2CCCc3c(F)cccc32)cc1C(F)(F)F. The van der Waals surface area contributed by atoms with Gasteiger partial charge in [0.2, 0.25) is 5.91 Å². The summed E-state index contributed by atoms with van der Waals surface area (Å²) in [5.41, 5.74) is 0.0332. The van der Waals surface area contributed by atoms with Crippen LogP contribution in [0.25, 0.3) is 0 Å². The van der Waals surface area contributed by atoms with E-state index in [0.717, 1.165) is 37.2 Å². The Hall–Kier alpha value is -3.08. The molecular weight excluding hydrogens is 410 g/mol. The second-order valence-electron chi connectivity index (χ2n) is 8.09. The number of carbonyl (C=O) groups excluding carboxylic acids is 1. The van der Waals surface area contributed by atoms with Gasteiger partial charge in [0.15, 0.2) is 0 Å². The van der Waals surface area contributed by atoms with Gasteiger partial charge in [0.25, 0.3) is 0 Å². The van der Waals surface area contributed by atoms with Crippen LogP contribution in [0.2, 0.25) is 0 Å². The van der Waals surface area contributed by atoms with Crippen molar-refractivity contribution in [3.63, 3.8) is 0 Å². The zero-order valence-electron chi connectivity index (χ0n) is 16.7. The number of amides is 1. The summed E-state index contributed by atoms with van der Waals surface area (Å²) < 4.78 is 53.6. The van der Waals surface area contributed by atoms with Crippen molar-refractivity contribution in [3.8, 4) is 6.07 Å². The van der Waals surface area contributed by atoms with Crippen LogP contribution in [0, 0.1) is 29.0 Å². The Morgan fingerprint density at radius 1 is 1.23 bits per heavy atom. The van der Waals surface area contributed by atoms with E-state index in [4.69, 9.17) is 5.26 Å². The molecule has 2 aromatic rings. The van der Waals surface area contributed by atoms with Crippen molar-refractivity contribution in [2.75, 3.05) is 23.3 Å². The van der Waals surface area contributed by atoms with E-state index in [9.17, 15) is 22.4 Å². The highest BCUT2D eigenvalue weighted by Gasteiger charge is 2.39. The van der Waals surface area contributed by atoms with Crippen LogP contribution >= 0.6 is 0 Å². The first-order valence-electron chi connectivity index (χ1n) is 10.2. The first-order valence-corrected chi connectivity index (χ1v) is 10.2. The van der Waals surface area contributed by atoms with Gasteiger partial charge in [0.1, 0.15) is 5.82 Å². The summed E-state index contributed by atoms with van der Waals surface area (Å²) in [7, 11) is 0. The number of hydrogen-bond donors (Lipinski definition) is 1. The van der Waals surface area contributed by atoms with Crippen molar-refractivity contribution in [2.45, 2.75) is 31.9 Å². The van der Waals surface area contributed by atoms with Gasteiger partial charge in [-0.15, -0.1) is 0 Å². The van der Waals surface area contributed by atoms with Crippen molar-refractivity contribution in [3.05, 3.63) is 58.9 Å². The number of benzene rings is 2. The number of nitrogens with one attached hydrogen (secondary N) is 1. The molecule has 162 valence electrons. The Bertz CT molecular complexity index is 1040. The third kappa shape index (κ3) is 4.22. The zero-order valence-corrected chi connectivity index (χ0v) is 16.7. The molecule has 1 saturated carbocycles. The summed E-state index contributed by atoms with van der Waals surface area (Å²) in [6.07, 6.45) is -1.67. The van der Waals surface area contributed by atoms with Gasteiger partial charge >= 0.3 is 6.18 Å². The average Bonchev–Trinajstić information content (AvgIpc) is 2.71. The number of alkyl halides is 3. The van der Waals surface area contributed by atoms with E-state index < -0.39 is 17.3 Å². The highest BCUT2D eigenvalue weighted by atomic mass is 19.4. The molecule has 2 unspecified atom stereocenters. The summed E-state index contributed by atoms with van der Waals surface area (Å²) in [5.74, 6) is -0.810. The highest BCUT2D eigenvalue weighted by Crippen LogP contribution is 2.39. The van der Waals surface area contributed by atoms with E-state index in [0.29, 0.717) is 24.9 Å². The minimum atomic E-state index is -4.68. The second-order valence-corrected chi connectivity index (χ2v) is 8.09. The number of nitriles is 1. The van der Waals surface area contributed by atoms with Gasteiger partial charge in [0.05, 0.1) is 17.2 Å². The average molecular weight is 431 g/mol. The number of anilines is 2. The Labute approximate surface area is 177 Å². The van der Waals surface area contributed by atoms with Crippen molar-refractivity contribution in [1.82, 2.24) is 0 Å². The monoisotopic (exact) mass is 431 g/mol. The predicted octanol–water partition coefficient (Wildman–Crippen LogP) is 5.13. The number of nitrogens with zero attached hydrogens (tertiary/aromatic N) is 2. The highest BCUT2D eigenvalue weighted by molar-refractivity contribution is 5.93. The van der Waals surface area contributed by atoms with Crippen LogP contribution in [0.5, 0.6) is 0 Å². The smallest absolute Gasteiger partial charge is 0.371 e. The van der Waals surface area contributed by atoms with Crippen molar-refractivity contribution in [2.24, 2.45) is 11.8 Å². The van der Waals surface area contributed by atoms with Crippen molar-refractivity contribution >= 4 is 17.3 Å². The molecular formula is C23H21F4N3O. The standard InChI is InChI=1S/C23H21F4N3O/c24-20-4-1-5-21-18(20)3-2-10-30(21)13-15-7-9-17(15)22(31)29-16-8-6-14(12-28)19(11-16)23(25,26)27/h1,4-6,8,11,15,17H,2-3,7,9-10,13H2,(H,29,31). The van der Waals surface area contributed by atoms with Gasteiger partial charge < -0.3 is 10.2 Å². The molecule has 2 aromatic carbocycles. The van der Waals surface area contributed by atoms with Crippen LogP contribution in [0.15, 0.2) is 36.4 Å². The van der Waals surface area contributed by atoms with Crippen LogP contribution in [-0.4, -0.2) is 19.0 Å². The van der Waals surface area contributed by atoms with Gasteiger partial charge in [-0.3, -0.25) is 4.79 Å². The third-order valence-corrected chi connectivity index (χ3v) is 6.21.